The first-order valence-corrected chi connectivity index (χ1v) is 9.83. The van der Waals surface area contributed by atoms with Crippen LogP contribution < -0.4 is 4.90 Å². The SMILES string of the molecule is Cc1nc(N2CCCC2)nc2c1CCN(C(=O)CN(C)C)CC2.O=C(O)C(F)(F)F. The second-order valence-electron chi connectivity index (χ2n) is 7.65. The first kappa shape index (κ1) is 23.8. The Hall–Kier alpha value is -2.43. The molecule has 8 nitrogen and oxygen atoms in total. The molecule has 2 aliphatic heterocycles. The molecule has 3 heterocycles. The van der Waals surface area contributed by atoms with Crippen molar-refractivity contribution < 1.29 is 27.9 Å². The largest absolute Gasteiger partial charge is 0.490 e. The molecule has 168 valence electrons. The lowest BCUT2D eigenvalue weighted by Crippen LogP contribution is -2.39. The predicted octanol–water partition coefficient (Wildman–Crippen LogP) is 1.51. The minimum Gasteiger partial charge on any atom is -0.475 e. The minimum atomic E-state index is -5.08. The Morgan fingerprint density at radius 2 is 1.63 bits per heavy atom. The van der Waals surface area contributed by atoms with Crippen molar-refractivity contribution in [3.8, 4) is 0 Å². The molecule has 1 saturated heterocycles. The van der Waals surface area contributed by atoms with E-state index in [4.69, 9.17) is 19.9 Å². The smallest absolute Gasteiger partial charge is 0.475 e. The maximum Gasteiger partial charge on any atom is 0.490 e. The van der Waals surface area contributed by atoms with E-state index in [1.807, 2.05) is 23.9 Å². The number of likely N-dealkylation sites (N-methyl/N-ethyl adjacent to an activating group) is 1. The zero-order valence-corrected chi connectivity index (χ0v) is 17.5. The molecule has 1 N–H and O–H groups in total. The molecule has 0 aromatic carbocycles. The predicted molar refractivity (Wildman–Crippen MR) is 104 cm³/mol. The van der Waals surface area contributed by atoms with Gasteiger partial charge in [0.05, 0.1) is 12.2 Å². The van der Waals surface area contributed by atoms with Gasteiger partial charge in [-0.3, -0.25) is 4.79 Å². The monoisotopic (exact) mass is 431 g/mol. The topological polar surface area (TPSA) is 89.9 Å². The summed E-state index contributed by atoms with van der Waals surface area (Å²) in [4.78, 5) is 37.0. The van der Waals surface area contributed by atoms with Crippen LogP contribution >= 0.6 is 0 Å². The Morgan fingerprint density at radius 1 is 1.07 bits per heavy atom. The molecule has 0 aliphatic carbocycles. The molecule has 0 atom stereocenters. The number of anilines is 1. The summed E-state index contributed by atoms with van der Waals surface area (Å²) >= 11 is 0. The maximum atomic E-state index is 12.3. The van der Waals surface area contributed by atoms with Crippen LogP contribution in [-0.2, 0) is 22.4 Å². The van der Waals surface area contributed by atoms with Gasteiger partial charge in [0.25, 0.3) is 0 Å². The molecule has 1 aromatic rings. The Bertz CT molecular complexity index is 765. The summed E-state index contributed by atoms with van der Waals surface area (Å²) in [5, 5.41) is 7.12. The summed E-state index contributed by atoms with van der Waals surface area (Å²) in [6, 6.07) is 0. The number of fused-ring (bicyclic) bond motifs is 1. The number of amides is 1. The van der Waals surface area contributed by atoms with Gasteiger partial charge in [-0.1, -0.05) is 0 Å². The number of alkyl halides is 3. The van der Waals surface area contributed by atoms with E-state index in [0.29, 0.717) is 6.54 Å². The minimum absolute atomic E-state index is 0.202. The molecule has 2 aliphatic rings. The second kappa shape index (κ2) is 10.1. The number of carbonyl (C=O) groups excluding carboxylic acids is 1. The van der Waals surface area contributed by atoms with Gasteiger partial charge in [-0.05, 0) is 45.8 Å². The van der Waals surface area contributed by atoms with E-state index in [1.165, 1.54) is 18.4 Å². The van der Waals surface area contributed by atoms with E-state index in [0.717, 1.165) is 56.4 Å². The number of hydrogen-bond acceptors (Lipinski definition) is 6. The maximum absolute atomic E-state index is 12.3. The number of carboxylic acid groups (broad SMARTS) is 1. The molecule has 11 heteroatoms. The van der Waals surface area contributed by atoms with Crippen LogP contribution in [-0.4, -0.2) is 89.7 Å². The highest BCUT2D eigenvalue weighted by Crippen LogP contribution is 2.22. The molecule has 0 radical (unpaired) electrons. The molecule has 3 rings (SSSR count). The summed E-state index contributed by atoms with van der Waals surface area (Å²) < 4.78 is 31.7. The standard InChI is InChI=1S/C17H27N5O.C2HF3O2/c1-13-14-6-10-21(16(23)12-20(2)3)11-7-15(14)19-17(18-13)22-8-4-5-9-22;3-2(4,5)1(6)7/h4-12H2,1-3H3;(H,6,7). The van der Waals surface area contributed by atoms with Gasteiger partial charge < -0.3 is 19.8 Å². The van der Waals surface area contributed by atoms with Crippen LogP contribution in [0.5, 0.6) is 0 Å². The van der Waals surface area contributed by atoms with E-state index in [2.05, 4.69) is 11.8 Å². The molecule has 0 bridgehead atoms. The summed E-state index contributed by atoms with van der Waals surface area (Å²) in [7, 11) is 3.87. The third kappa shape index (κ3) is 6.54. The fraction of sp³-hybridized carbons (Fsp3) is 0.684. The fourth-order valence-electron chi connectivity index (χ4n) is 3.45. The van der Waals surface area contributed by atoms with Crippen molar-refractivity contribution >= 4 is 17.8 Å². The number of carbonyl (C=O) groups is 2. The van der Waals surface area contributed by atoms with Gasteiger partial charge in [0.2, 0.25) is 11.9 Å². The van der Waals surface area contributed by atoms with Crippen molar-refractivity contribution in [2.24, 2.45) is 0 Å². The Labute approximate surface area is 173 Å². The number of hydrogen-bond donors (Lipinski definition) is 1. The molecule has 30 heavy (non-hydrogen) atoms. The Kier molecular flexibility index (Phi) is 7.99. The highest BCUT2D eigenvalue weighted by molar-refractivity contribution is 5.78. The molecule has 1 amide bonds. The van der Waals surface area contributed by atoms with E-state index in [-0.39, 0.29) is 5.91 Å². The van der Waals surface area contributed by atoms with Gasteiger partial charge in [0, 0.05) is 38.3 Å². The molecule has 0 saturated carbocycles. The zero-order chi connectivity index (χ0) is 22.5. The van der Waals surface area contributed by atoms with Gasteiger partial charge in [-0.2, -0.15) is 13.2 Å². The number of aliphatic carboxylic acids is 1. The quantitative estimate of drug-likeness (QED) is 0.776. The van der Waals surface area contributed by atoms with Crippen molar-refractivity contribution in [1.29, 1.82) is 0 Å². The summed E-state index contributed by atoms with van der Waals surface area (Å²) in [6.45, 7) is 6.21. The third-order valence-electron chi connectivity index (χ3n) is 4.97. The van der Waals surface area contributed by atoms with Gasteiger partial charge in [-0.25, -0.2) is 14.8 Å². The van der Waals surface area contributed by atoms with Crippen molar-refractivity contribution in [3.05, 3.63) is 17.0 Å². The van der Waals surface area contributed by atoms with Crippen LogP contribution in [0.25, 0.3) is 0 Å². The van der Waals surface area contributed by atoms with Gasteiger partial charge in [0.15, 0.2) is 0 Å². The highest BCUT2D eigenvalue weighted by atomic mass is 19.4. The van der Waals surface area contributed by atoms with Crippen LogP contribution in [0.15, 0.2) is 0 Å². The Balaban J connectivity index is 0.000000396. The van der Waals surface area contributed by atoms with E-state index < -0.39 is 12.1 Å². The van der Waals surface area contributed by atoms with Crippen LogP contribution in [0.4, 0.5) is 19.1 Å². The fourth-order valence-corrected chi connectivity index (χ4v) is 3.45. The van der Waals surface area contributed by atoms with Crippen LogP contribution in [0.3, 0.4) is 0 Å². The molecule has 1 fully saturated rings. The van der Waals surface area contributed by atoms with E-state index in [9.17, 15) is 18.0 Å². The molecule has 1 aromatic heterocycles. The second-order valence-corrected chi connectivity index (χ2v) is 7.65. The molecule has 0 unspecified atom stereocenters. The van der Waals surface area contributed by atoms with Crippen LogP contribution in [0.1, 0.15) is 29.8 Å². The average Bonchev–Trinajstić information content (AvgIpc) is 3.08. The number of aromatic nitrogens is 2. The number of halogens is 3. The highest BCUT2D eigenvalue weighted by Gasteiger charge is 2.38. The lowest BCUT2D eigenvalue weighted by molar-refractivity contribution is -0.192. The van der Waals surface area contributed by atoms with Crippen LogP contribution in [0.2, 0.25) is 0 Å². The number of aryl methyl sites for hydroxylation is 1. The zero-order valence-electron chi connectivity index (χ0n) is 17.5. The first-order chi connectivity index (χ1) is 14.0. The number of carboxylic acids is 1. The van der Waals surface area contributed by atoms with Crippen molar-refractivity contribution in [2.45, 2.75) is 38.8 Å². The van der Waals surface area contributed by atoms with Crippen molar-refractivity contribution in [3.63, 3.8) is 0 Å². The van der Waals surface area contributed by atoms with Gasteiger partial charge >= 0.3 is 12.1 Å². The van der Waals surface area contributed by atoms with Gasteiger partial charge in [-0.15, -0.1) is 0 Å². The lowest BCUT2D eigenvalue weighted by atomic mass is 10.1. The molecule has 0 spiro atoms. The number of nitrogens with zero attached hydrogens (tertiary/aromatic N) is 5. The van der Waals surface area contributed by atoms with Crippen molar-refractivity contribution in [2.75, 3.05) is 51.7 Å². The summed E-state index contributed by atoms with van der Waals surface area (Å²) in [5.74, 6) is -1.67. The van der Waals surface area contributed by atoms with E-state index in [1.54, 1.807) is 0 Å². The van der Waals surface area contributed by atoms with Crippen molar-refractivity contribution in [1.82, 2.24) is 19.8 Å². The first-order valence-electron chi connectivity index (χ1n) is 9.83. The van der Waals surface area contributed by atoms with Gasteiger partial charge in [0.1, 0.15) is 0 Å². The molecular formula is C19H28F3N5O3. The third-order valence-corrected chi connectivity index (χ3v) is 4.97. The summed E-state index contributed by atoms with van der Waals surface area (Å²) in [5.41, 5.74) is 3.46. The normalized spacial score (nSPS) is 16.6. The summed E-state index contributed by atoms with van der Waals surface area (Å²) in [6.07, 6.45) is -0.933. The Morgan fingerprint density at radius 3 is 2.17 bits per heavy atom. The lowest BCUT2D eigenvalue weighted by Gasteiger charge is -2.22. The molecular weight excluding hydrogens is 403 g/mol. The number of rotatable bonds is 3. The van der Waals surface area contributed by atoms with E-state index >= 15 is 0 Å². The average molecular weight is 431 g/mol. The van der Waals surface area contributed by atoms with Crippen LogP contribution in [0, 0.1) is 6.92 Å².